The van der Waals surface area contributed by atoms with Gasteiger partial charge in [-0.25, -0.2) is 4.98 Å². The molecule has 88 valence electrons. The van der Waals surface area contributed by atoms with Gasteiger partial charge in [-0.15, -0.1) is 0 Å². The fourth-order valence-electron chi connectivity index (χ4n) is 3.31. The molecule has 0 radical (unpaired) electrons. The predicted octanol–water partition coefficient (Wildman–Crippen LogP) is 1.82. The SMILES string of the molecule is CCn1ccnc1CC(N)C1CC2CC2C1. The second-order valence-corrected chi connectivity index (χ2v) is 5.48. The van der Waals surface area contributed by atoms with Gasteiger partial charge in [0.25, 0.3) is 0 Å². The van der Waals surface area contributed by atoms with Crippen LogP contribution in [0.4, 0.5) is 0 Å². The average Bonchev–Trinajstić information content (AvgIpc) is 2.75. The van der Waals surface area contributed by atoms with Gasteiger partial charge in [-0.2, -0.15) is 0 Å². The summed E-state index contributed by atoms with van der Waals surface area (Å²) in [6, 6.07) is 0.320. The lowest BCUT2D eigenvalue weighted by Gasteiger charge is -2.20. The zero-order chi connectivity index (χ0) is 11.1. The third-order valence-electron chi connectivity index (χ3n) is 4.45. The molecule has 1 aromatic rings. The number of nitrogens with zero attached hydrogens (tertiary/aromatic N) is 2. The molecule has 0 spiro atoms. The number of aryl methyl sites for hydroxylation is 1. The van der Waals surface area contributed by atoms with Crippen LogP contribution in [0.25, 0.3) is 0 Å². The van der Waals surface area contributed by atoms with E-state index in [9.17, 15) is 0 Å². The van der Waals surface area contributed by atoms with Crippen LogP contribution in [0.15, 0.2) is 12.4 Å². The number of hydrogen-bond donors (Lipinski definition) is 1. The second-order valence-electron chi connectivity index (χ2n) is 5.48. The fourth-order valence-corrected chi connectivity index (χ4v) is 3.31. The van der Waals surface area contributed by atoms with Gasteiger partial charge in [-0.3, -0.25) is 0 Å². The number of aromatic nitrogens is 2. The highest BCUT2D eigenvalue weighted by molar-refractivity contribution is 5.02. The Morgan fingerprint density at radius 3 is 2.88 bits per heavy atom. The molecule has 1 heterocycles. The summed E-state index contributed by atoms with van der Waals surface area (Å²) in [5.41, 5.74) is 6.32. The molecule has 0 aromatic carbocycles. The fraction of sp³-hybridized carbons (Fsp3) is 0.769. The van der Waals surface area contributed by atoms with Crippen LogP contribution in [-0.2, 0) is 13.0 Å². The molecular formula is C13H21N3. The van der Waals surface area contributed by atoms with E-state index in [4.69, 9.17) is 5.73 Å². The first-order valence-electron chi connectivity index (χ1n) is 6.53. The van der Waals surface area contributed by atoms with Crippen molar-refractivity contribution in [3.05, 3.63) is 18.2 Å². The monoisotopic (exact) mass is 219 g/mol. The summed E-state index contributed by atoms with van der Waals surface area (Å²) < 4.78 is 2.20. The van der Waals surface area contributed by atoms with Crippen LogP contribution in [0.5, 0.6) is 0 Å². The summed E-state index contributed by atoms with van der Waals surface area (Å²) in [5, 5.41) is 0. The lowest BCUT2D eigenvalue weighted by Crippen LogP contribution is -2.32. The van der Waals surface area contributed by atoms with E-state index in [0.717, 1.165) is 36.5 Å². The minimum atomic E-state index is 0.320. The Kier molecular flexibility index (Phi) is 2.51. The molecule has 0 bridgehead atoms. The Morgan fingerprint density at radius 2 is 2.19 bits per heavy atom. The summed E-state index contributed by atoms with van der Waals surface area (Å²) in [6.45, 7) is 3.15. The zero-order valence-corrected chi connectivity index (χ0v) is 9.97. The van der Waals surface area contributed by atoms with Crippen molar-refractivity contribution in [3.63, 3.8) is 0 Å². The molecule has 0 saturated heterocycles. The molecule has 3 atom stereocenters. The Hall–Kier alpha value is -0.830. The van der Waals surface area contributed by atoms with E-state index in [1.165, 1.54) is 19.3 Å². The minimum Gasteiger partial charge on any atom is -0.335 e. The second kappa shape index (κ2) is 3.88. The molecule has 2 N–H and O–H groups in total. The molecule has 1 aromatic heterocycles. The van der Waals surface area contributed by atoms with Gasteiger partial charge in [-0.05, 0) is 43.9 Å². The highest BCUT2D eigenvalue weighted by Gasteiger charge is 2.47. The van der Waals surface area contributed by atoms with Crippen molar-refractivity contribution in [3.8, 4) is 0 Å². The lowest BCUT2D eigenvalue weighted by atomic mass is 9.93. The average molecular weight is 219 g/mol. The van der Waals surface area contributed by atoms with Gasteiger partial charge in [0.1, 0.15) is 5.82 Å². The third-order valence-corrected chi connectivity index (χ3v) is 4.45. The number of hydrogen-bond acceptors (Lipinski definition) is 2. The Bertz CT molecular complexity index is 361. The highest BCUT2D eigenvalue weighted by Crippen LogP contribution is 2.55. The topological polar surface area (TPSA) is 43.8 Å². The molecular weight excluding hydrogens is 198 g/mol. The molecule has 2 fully saturated rings. The molecule has 2 saturated carbocycles. The predicted molar refractivity (Wildman–Crippen MR) is 63.9 cm³/mol. The summed E-state index contributed by atoms with van der Waals surface area (Å²) in [5.74, 6) is 3.98. The summed E-state index contributed by atoms with van der Waals surface area (Å²) in [7, 11) is 0. The first-order valence-corrected chi connectivity index (χ1v) is 6.53. The maximum atomic E-state index is 6.32. The summed E-state index contributed by atoms with van der Waals surface area (Å²) >= 11 is 0. The third kappa shape index (κ3) is 1.77. The molecule has 3 nitrogen and oxygen atoms in total. The van der Waals surface area contributed by atoms with E-state index in [0.29, 0.717) is 6.04 Å². The van der Waals surface area contributed by atoms with Gasteiger partial charge < -0.3 is 10.3 Å². The summed E-state index contributed by atoms with van der Waals surface area (Å²) in [6.07, 6.45) is 9.11. The molecule has 2 aliphatic carbocycles. The van der Waals surface area contributed by atoms with Gasteiger partial charge in [0.05, 0.1) is 0 Å². The van der Waals surface area contributed by atoms with Crippen LogP contribution in [-0.4, -0.2) is 15.6 Å². The van der Waals surface area contributed by atoms with E-state index in [2.05, 4.69) is 16.5 Å². The van der Waals surface area contributed by atoms with Crippen LogP contribution in [0, 0.1) is 17.8 Å². The molecule has 3 heteroatoms. The summed E-state index contributed by atoms with van der Waals surface area (Å²) in [4.78, 5) is 4.41. The minimum absolute atomic E-state index is 0.320. The number of imidazole rings is 1. The Morgan fingerprint density at radius 1 is 1.44 bits per heavy atom. The van der Waals surface area contributed by atoms with Crippen molar-refractivity contribution in [1.29, 1.82) is 0 Å². The lowest BCUT2D eigenvalue weighted by molar-refractivity contribution is 0.384. The van der Waals surface area contributed by atoms with Crippen LogP contribution in [0.1, 0.15) is 32.0 Å². The van der Waals surface area contributed by atoms with Crippen LogP contribution in [0.2, 0.25) is 0 Å². The van der Waals surface area contributed by atoms with Crippen molar-refractivity contribution in [1.82, 2.24) is 9.55 Å². The van der Waals surface area contributed by atoms with Gasteiger partial charge in [0.2, 0.25) is 0 Å². The van der Waals surface area contributed by atoms with E-state index in [-0.39, 0.29) is 0 Å². The van der Waals surface area contributed by atoms with Gasteiger partial charge in [-0.1, -0.05) is 0 Å². The molecule has 3 rings (SSSR count). The van der Waals surface area contributed by atoms with Crippen LogP contribution in [0.3, 0.4) is 0 Å². The smallest absolute Gasteiger partial charge is 0.110 e. The van der Waals surface area contributed by atoms with E-state index in [1.54, 1.807) is 0 Å². The highest BCUT2D eigenvalue weighted by atomic mass is 15.1. The first kappa shape index (κ1) is 10.3. The maximum Gasteiger partial charge on any atom is 0.110 e. The molecule has 3 unspecified atom stereocenters. The van der Waals surface area contributed by atoms with Crippen molar-refractivity contribution in [2.45, 2.75) is 45.2 Å². The Balaban J connectivity index is 1.61. The zero-order valence-electron chi connectivity index (χ0n) is 9.97. The molecule has 0 amide bonds. The van der Waals surface area contributed by atoms with E-state index >= 15 is 0 Å². The van der Waals surface area contributed by atoms with Crippen LogP contribution < -0.4 is 5.73 Å². The van der Waals surface area contributed by atoms with Crippen LogP contribution >= 0.6 is 0 Å². The van der Waals surface area contributed by atoms with Crippen molar-refractivity contribution >= 4 is 0 Å². The van der Waals surface area contributed by atoms with Crippen molar-refractivity contribution < 1.29 is 0 Å². The van der Waals surface area contributed by atoms with E-state index in [1.807, 2.05) is 12.4 Å². The molecule has 0 aliphatic heterocycles. The molecule has 16 heavy (non-hydrogen) atoms. The quantitative estimate of drug-likeness (QED) is 0.839. The number of nitrogens with two attached hydrogens (primary N) is 1. The van der Waals surface area contributed by atoms with Gasteiger partial charge >= 0.3 is 0 Å². The largest absolute Gasteiger partial charge is 0.335 e. The van der Waals surface area contributed by atoms with Gasteiger partial charge in [0, 0.05) is 31.4 Å². The maximum absolute atomic E-state index is 6.32. The molecule has 2 aliphatic rings. The van der Waals surface area contributed by atoms with Crippen molar-refractivity contribution in [2.24, 2.45) is 23.5 Å². The normalized spacial score (nSPS) is 33.8. The first-order chi connectivity index (χ1) is 7.78. The van der Waals surface area contributed by atoms with E-state index < -0.39 is 0 Å². The van der Waals surface area contributed by atoms with Crippen molar-refractivity contribution in [2.75, 3.05) is 0 Å². The Labute approximate surface area is 97.0 Å². The number of rotatable bonds is 4. The standard InChI is InChI=1S/C13H21N3/c1-2-16-4-3-15-13(16)8-12(14)11-6-9-5-10(9)7-11/h3-4,9-12H,2,5-8,14H2,1H3. The number of fused-ring (bicyclic) bond motifs is 1. The van der Waals surface area contributed by atoms with Gasteiger partial charge in [0.15, 0.2) is 0 Å².